The van der Waals surface area contributed by atoms with E-state index >= 15 is 0 Å². The van der Waals surface area contributed by atoms with Crippen molar-refractivity contribution in [1.82, 2.24) is 0 Å². The van der Waals surface area contributed by atoms with Gasteiger partial charge in [0.25, 0.3) is 0 Å². The van der Waals surface area contributed by atoms with Gasteiger partial charge in [0, 0.05) is 12.8 Å². The number of aliphatic carboxylic acids is 1. The van der Waals surface area contributed by atoms with Crippen LogP contribution in [0.15, 0.2) is 18.2 Å². The molecule has 0 saturated heterocycles. The molecular weight excluding hydrogens is 526 g/mol. The molecule has 0 unspecified atom stereocenters. The number of carbonyl (C=O) groups excluding carboxylic acids is 3. The molecule has 0 spiro atoms. The Morgan fingerprint density at radius 2 is 1.43 bits per heavy atom. The number of unbranched alkanes of at least 4 members (excludes halogenated alkanes) is 2. The topological polar surface area (TPSA) is 170 Å². The molecule has 1 rings (SSSR count). The molecule has 0 aromatic heterocycles. The summed E-state index contributed by atoms with van der Waals surface area (Å²) in [7, 11) is 0. The van der Waals surface area contributed by atoms with Crippen LogP contribution in [0.3, 0.4) is 0 Å². The maximum atomic E-state index is 12.2. The van der Waals surface area contributed by atoms with E-state index in [1.54, 1.807) is 0 Å². The molecule has 0 heterocycles. The van der Waals surface area contributed by atoms with Gasteiger partial charge in [0.2, 0.25) is 0 Å². The minimum atomic E-state index is -1.87. The maximum Gasteiger partial charge on any atom is 0.513 e. The lowest BCUT2D eigenvalue weighted by Crippen LogP contribution is -2.52. The molecule has 12 heteroatoms. The lowest BCUT2D eigenvalue weighted by atomic mass is 9.86. The van der Waals surface area contributed by atoms with Crippen molar-refractivity contribution in [2.45, 2.75) is 91.7 Å². The fraction of sp³-hybridized carbons (Fsp3) is 0.643. The average molecular weight is 570 g/mol. The molecule has 40 heavy (non-hydrogen) atoms. The van der Waals surface area contributed by atoms with Gasteiger partial charge in [0.05, 0.1) is 19.8 Å². The van der Waals surface area contributed by atoms with E-state index in [9.17, 15) is 24.3 Å². The lowest BCUT2D eigenvalue weighted by molar-refractivity contribution is -0.144. The number of hydrogen-bond acceptors (Lipinski definition) is 11. The number of carbonyl (C=O) groups is 4. The van der Waals surface area contributed by atoms with E-state index in [1.807, 2.05) is 34.6 Å². The summed E-state index contributed by atoms with van der Waals surface area (Å²) < 4.78 is 30.7. The number of carboxylic acid groups (broad SMARTS) is 1. The number of nitrogens with two attached hydrogens (primary N) is 1. The molecule has 1 aromatic rings. The van der Waals surface area contributed by atoms with Crippen LogP contribution in [0.4, 0.5) is 14.4 Å². The van der Waals surface area contributed by atoms with Crippen LogP contribution in [0.1, 0.15) is 79.2 Å². The fourth-order valence-corrected chi connectivity index (χ4v) is 3.29. The number of carboxylic acids is 1. The Kier molecular flexibility index (Phi) is 14.3. The Bertz CT molecular complexity index is 989. The van der Waals surface area contributed by atoms with Crippen molar-refractivity contribution < 1.29 is 52.7 Å². The third-order valence-corrected chi connectivity index (χ3v) is 5.35. The summed E-state index contributed by atoms with van der Waals surface area (Å²) >= 11 is 0. The highest BCUT2D eigenvalue weighted by Gasteiger charge is 2.37. The van der Waals surface area contributed by atoms with E-state index < -0.39 is 36.1 Å². The number of benzene rings is 1. The largest absolute Gasteiger partial charge is 0.513 e. The quantitative estimate of drug-likeness (QED) is 0.116. The molecule has 0 radical (unpaired) electrons. The van der Waals surface area contributed by atoms with Crippen molar-refractivity contribution >= 4 is 24.4 Å². The van der Waals surface area contributed by atoms with Crippen LogP contribution in [0, 0.1) is 5.41 Å². The SMILES string of the molecule is CCCCOC(=O)Oc1ccc(C[C@](N)(C[C@H](C)OC(=O)OCC(C)(C)C)C(=O)O)cc1OC(=O)OCCCC. The van der Waals surface area contributed by atoms with Crippen LogP contribution in [0.5, 0.6) is 11.5 Å². The Labute approximate surface area is 235 Å². The summed E-state index contributed by atoms with van der Waals surface area (Å²) in [5.41, 5.74) is 4.44. The summed E-state index contributed by atoms with van der Waals surface area (Å²) in [6, 6.07) is 4.12. The van der Waals surface area contributed by atoms with E-state index in [2.05, 4.69) is 0 Å². The summed E-state index contributed by atoms with van der Waals surface area (Å²) in [6.07, 6.45) is -1.45. The van der Waals surface area contributed by atoms with Gasteiger partial charge >= 0.3 is 24.4 Å². The summed E-state index contributed by atoms with van der Waals surface area (Å²) in [5.74, 6) is -1.66. The van der Waals surface area contributed by atoms with Gasteiger partial charge in [0.1, 0.15) is 11.6 Å². The van der Waals surface area contributed by atoms with Crippen molar-refractivity contribution in [3.05, 3.63) is 23.8 Å². The van der Waals surface area contributed by atoms with E-state index in [-0.39, 0.29) is 49.6 Å². The van der Waals surface area contributed by atoms with Gasteiger partial charge in [-0.15, -0.1) is 0 Å². The molecule has 0 aliphatic heterocycles. The Morgan fingerprint density at radius 1 is 0.875 bits per heavy atom. The molecule has 0 aliphatic carbocycles. The van der Waals surface area contributed by atoms with Gasteiger partial charge in [-0.05, 0) is 42.9 Å². The second kappa shape index (κ2) is 16.5. The summed E-state index contributed by atoms with van der Waals surface area (Å²) in [6.45, 7) is 11.4. The monoisotopic (exact) mass is 569 g/mol. The van der Waals surface area contributed by atoms with E-state index in [0.717, 1.165) is 12.8 Å². The second-order valence-electron chi connectivity index (χ2n) is 10.8. The summed E-state index contributed by atoms with van der Waals surface area (Å²) in [4.78, 5) is 48.5. The van der Waals surface area contributed by atoms with Crippen LogP contribution in [0.2, 0.25) is 0 Å². The molecule has 2 atom stereocenters. The molecule has 0 amide bonds. The smallest absolute Gasteiger partial charge is 0.480 e. The minimum Gasteiger partial charge on any atom is -0.480 e. The predicted molar refractivity (Wildman–Crippen MR) is 144 cm³/mol. The molecule has 0 fully saturated rings. The van der Waals surface area contributed by atoms with Crippen molar-refractivity contribution in [2.24, 2.45) is 11.1 Å². The standard InChI is InChI=1S/C28H43NO11/c1-7-9-13-35-24(32)39-21-12-11-20(15-22(21)40-25(33)36-14-10-8-2)17-28(29,23(30)31)16-19(3)38-26(34)37-18-27(4,5)6/h11-12,15,19H,7-10,13-14,16-18,29H2,1-6H3,(H,30,31)/t19-,28+/m0/s1. The Hall–Kier alpha value is -3.54. The zero-order valence-corrected chi connectivity index (χ0v) is 24.3. The van der Waals surface area contributed by atoms with E-state index in [4.69, 9.17) is 34.2 Å². The van der Waals surface area contributed by atoms with Crippen molar-refractivity contribution in [1.29, 1.82) is 0 Å². The van der Waals surface area contributed by atoms with Crippen LogP contribution in [-0.4, -0.2) is 61.0 Å². The van der Waals surface area contributed by atoms with E-state index in [0.29, 0.717) is 18.4 Å². The third kappa shape index (κ3) is 13.5. The number of ether oxygens (including phenoxy) is 6. The van der Waals surface area contributed by atoms with Gasteiger partial charge < -0.3 is 39.3 Å². The van der Waals surface area contributed by atoms with Crippen LogP contribution in [0.25, 0.3) is 0 Å². The minimum absolute atomic E-state index is 0.121. The van der Waals surface area contributed by atoms with Crippen molar-refractivity contribution in [3.63, 3.8) is 0 Å². The van der Waals surface area contributed by atoms with E-state index in [1.165, 1.54) is 25.1 Å². The Balaban J connectivity index is 3.08. The molecule has 0 saturated carbocycles. The van der Waals surface area contributed by atoms with Gasteiger partial charge in [-0.25, -0.2) is 14.4 Å². The Morgan fingerprint density at radius 3 is 1.93 bits per heavy atom. The highest BCUT2D eigenvalue weighted by molar-refractivity contribution is 5.79. The third-order valence-electron chi connectivity index (χ3n) is 5.35. The van der Waals surface area contributed by atoms with Gasteiger partial charge in [-0.3, -0.25) is 4.79 Å². The molecule has 226 valence electrons. The zero-order chi connectivity index (χ0) is 30.3. The fourth-order valence-electron chi connectivity index (χ4n) is 3.29. The van der Waals surface area contributed by atoms with Gasteiger partial charge in [-0.1, -0.05) is 53.5 Å². The van der Waals surface area contributed by atoms with Crippen LogP contribution in [-0.2, 0) is 30.2 Å². The second-order valence-corrected chi connectivity index (χ2v) is 10.8. The average Bonchev–Trinajstić information content (AvgIpc) is 2.84. The highest BCUT2D eigenvalue weighted by atomic mass is 16.7. The predicted octanol–water partition coefficient (Wildman–Crippen LogP) is 5.62. The summed E-state index contributed by atoms with van der Waals surface area (Å²) in [5, 5.41) is 9.91. The molecule has 3 N–H and O–H groups in total. The van der Waals surface area contributed by atoms with Gasteiger partial charge in [0.15, 0.2) is 11.5 Å². The normalized spacial score (nSPS) is 13.4. The zero-order valence-electron chi connectivity index (χ0n) is 24.3. The van der Waals surface area contributed by atoms with Crippen molar-refractivity contribution in [3.8, 4) is 11.5 Å². The molecule has 0 aliphatic rings. The van der Waals surface area contributed by atoms with Crippen molar-refractivity contribution in [2.75, 3.05) is 19.8 Å². The van der Waals surface area contributed by atoms with Crippen LogP contribution < -0.4 is 15.2 Å². The lowest BCUT2D eigenvalue weighted by Gasteiger charge is -2.28. The van der Waals surface area contributed by atoms with Gasteiger partial charge in [-0.2, -0.15) is 0 Å². The highest BCUT2D eigenvalue weighted by Crippen LogP contribution is 2.31. The first kappa shape index (κ1) is 34.5. The maximum absolute atomic E-state index is 12.2. The molecule has 12 nitrogen and oxygen atoms in total. The molecule has 0 bridgehead atoms. The first-order valence-corrected chi connectivity index (χ1v) is 13.4. The van der Waals surface area contributed by atoms with Crippen LogP contribution >= 0.6 is 0 Å². The first-order valence-electron chi connectivity index (χ1n) is 13.4. The molecule has 1 aromatic carbocycles. The first-order chi connectivity index (χ1) is 18.7. The molecular formula is C28H43NO11. The number of rotatable bonds is 15. The number of hydrogen-bond donors (Lipinski definition) is 2.